The Morgan fingerprint density at radius 2 is 2.00 bits per heavy atom. The lowest BCUT2D eigenvalue weighted by molar-refractivity contribution is 0.0948. The van der Waals surface area contributed by atoms with E-state index in [-0.39, 0.29) is 16.8 Å². The molecule has 1 amide bonds. The zero-order chi connectivity index (χ0) is 17.1. The summed E-state index contributed by atoms with van der Waals surface area (Å²) in [4.78, 5) is 37.8. The van der Waals surface area contributed by atoms with Crippen molar-refractivity contribution in [3.63, 3.8) is 0 Å². The molecule has 7 heteroatoms. The fraction of sp³-hybridized carbons (Fsp3) is 0.176. The van der Waals surface area contributed by atoms with Crippen LogP contribution in [0.4, 0.5) is 0 Å². The van der Waals surface area contributed by atoms with Gasteiger partial charge < -0.3 is 10.3 Å². The van der Waals surface area contributed by atoms with Crippen LogP contribution in [0.1, 0.15) is 21.6 Å². The largest absolute Gasteiger partial charge is 0.350 e. The van der Waals surface area contributed by atoms with E-state index in [4.69, 9.17) is 0 Å². The third-order valence-electron chi connectivity index (χ3n) is 3.67. The Morgan fingerprint density at radius 1 is 1.17 bits per heavy atom. The second-order valence-electron chi connectivity index (χ2n) is 5.53. The van der Waals surface area contributed by atoms with Gasteiger partial charge in [0, 0.05) is 23.7 Å². The minimum Gasteiger partial charge on any atom is -0.350 e. The van der Waals surface area contributed by atoms with Gasteiger partial charge in [-0.3, -0.25) is 14.4 Å². The highest BCUT2D eigenvalue weighted by Gasteiger charge is 2.08. The Balaban J connectivity index is 1.69. The third kappa shape index (κ3) is 3.40. The van der Waals surface area contributed by atoms with E-state index in [1.165, 1.54) is 12.1 Å². The van der Waals surface area contributed by atoms with Crippen LogP contribution in [-0.4, -0.2) is 27.6 Å². The Hall–Kier alpha value is -3.22. The van der Waals surface area contributed by atoms with Crippen LogP contribution < -0.4 is 16.4 Å². The Kier molecular flexibility index (Phi) is 4.24. The summed E-state index contributed by atoms with van der Waals surface area (Å²) in [6.07, 6.45) is 0.397. The molecular weight excluding hydrogens is 308 g/mol. The van der Waals surface area contributed by atoms with Crippen LogP contribution in [0.25, 0.3) is 10.9 Å². The Bertz CT molecular complexity index is 1000. The van der Waals surface area contributed by atoms with Crippen LogP contribution in [0.15, 0.2) is 46.0 Å². The first-order chi connectivity index (χ1) is 11.5. The number of rotatable bonds is 4. The first-order valence-corrected chi connectivity index (χ1v) is 7.49. The van der Waals surface area contributed by atoms with E-state index < -0.39 is 5.91 Å². The standard InChI is InChI=1S/C17H16N4O3/c1-10-2-3-11-9-12(16(23)19-14(11)8-10)6-7-18-17(24)13-4-5-15(22)21-20-13/h2-5,8-9H,6-7H2,1H3,(H,18,24)(H,19,23)(H,21,22). The number of pyridine rings is 1. The monoisotopic (exact) mass is 324 g/mol. The molecule has 0 saturated heterocycles. The van der Waals surface area contributed by atoms with E-state index in [1.807, 2.05) is 31.2 Å². The molecule has 2 aromatic heterocycles. The minimum absolute atomic E-state index is 0.123. The van der Waals surface area contributed by atoms with Gasteiger partial charge in [0.25, 0.3) is 17.0 Å². The quantitative estimate of drug-likeness (QED) is 0.662. The van der Waals surface area contributed by atoms with Crippen molar-refractivity contribution in [2.75, 3.05) is 6.54 Å². The molecule has 0 spiro atoms. The van der Waals surface area contributed by atoms with E-state index in [1.54, 1.807) is 0 Å². The van der Waals surface area contributed by atoms with Crippen LogP contribution in [-0.2, 0) is 6.42 Å². The number of fused-ring (bicyclic) bond motifs is 1. The van der Waals surface area contributed by atoms with Crippen molar-refractivity contribution >= 4 is 16.8 Å². The summed E-state index contributed by atoms with van der Waals surface area (Å²) in [5, 5.41) is 9.48. The van der Waals surface area contributed by atoms with Gasteiger partial charge in [-0.15, -0.1) is 0 Å². The van der Waals surface area contributed by atoms with Gasteiger partial charge in [0.2, 0.25) is 0 Å². The van der Waals surface area contributed by atoms with Crippen molar-refractivity contribution in [1.82, 2.24) is 20.5 Å². The van der Waals surface area contributed by atoms with E-state index in [9.17, 15) is 14.4 Å². The zero-order valence-corrected chi connectivity index (χ0v) is 13.1. The third-order valence-corrected chi connectivity index (χ3v) is 3.67. The van der Waals surface area contributed by atoms with Crippen LogP contribution in [0, 0.1) is 6.92 Å². The topological polar surface area (TPSA) is 108 Å². The lowest BCUT2D eigenvalue weighted by Crippen LogP contribution is -2.29. The molecule has 0 saturated carbocycles. The molecule has 0 unspecified atom stereocenters. The zero-order valence-electron chi connectivity index (χ0n) is 13.1. The molecule has 0 radical (unpaired) electrons. The van der Waals surface area contributed by atoms with Crippen molar-refractivity contribution in [1.29, 1.82) is 0 Å². The van der Waals surface area contributed by atoms with Crippen molar-refractivity contribution in [2.24, 2.45) is 0 Å². The Labute approximate surface area is 136 Å². The molecule has 0 aliphatic rings. The number of aromatic amines is 2. The van der Waals surface area contributed by atoms with Crippen molar-refractivity contribution < 1.29 is 4.79 Å². The highest BCUT2D eigenvalue weighted by molar-refractivity contribution is 5.91. The highest BCUT2D eigenvalue weighted by Crippen LogP contribution is 2.13. The molecule has 1 aromatic carbocycles. The van der Waals surface area contributed by atoms with Crippen LogP contribution in [0.5, 0.6) is 0 Å². The first-order valence-electron chi connectivity index (χ1n) is 7.49. The summed E-state index contributed by atoms with van der Waals surface area (Å²) in [6, 6.07) is 10.3. The van der Waals surface area contributed by atoms with Gasteiger partial charge in [-0.1, -0.05) is 12.1 Å². The van der Waals surface area contributed by atoms with Gasteiger partial charge in [0.15, 0.2) is 0 Å². The summed E-state index contributed by atoms with van der Waals surface area (Å²) in [5.74, 6) is -0.404. The summed E-state index contributed by atoms with van der Waals surface area (Å²) >= 11 is 0. The molecular formula is C17H16N4O3. The molecule has 24 heavy (non-hydrogen) atoms. The van der Waals surface area contributed by atoms with Gasteiger partial charge in [0.1, 0.15) is 5.69 Å². The first kappa shape index (κ1) is 15.7. The predicted octanol–water partition coefficient (Wildman–Crippen LogP) is 0.892. The number of H-pyrrole nitrogens is 2. The van der Waals surface area contributed by atoms with Crippen molar-refractivity contribution in [3.05, 3.63) is 73.9 Å². The number of hydrogen-bond donors (Lipinski definition) is 3. The van der Waals surface area contributed by atoms with Crippen LogP contribution in [0.2, 0.25) is 0 Å². The maximum Gasteiger partial charge on any atom is 0.271 e. The Morgan fingerprint density at radius 3 is 2.75 bits per heavy atom. The molecule has 0 fully saturated rings. The van der Waals surface area contributed by atoms with Gasteiger partial charge in [-0.2, -0.15) is 5.10 Å². The van der Waals surface area contributed by atoms with Crippen molar-refractivity contribution in [3.8, 4) is 0 Å². The van der Waals surface area contributed by atoms with E-state index in [2.05, 4.69) is 20.5 Å². The highest BCUT2D eigenvalue weighted by atomic mass is 16.2. The van der Waals surface area contributed by atoms with Crippen molar-refractivity contribution in [2.45, 2.75) is 13.3 Å². The van der Waals surface area contributed by atoms with Gasteiger partial charge in [-0.25, -0.2) is 5.10 Å². The number of aryl methyl sites for hydroxylation is 1. The molecule has 0 bridgehead atoms. The molecule has 122 valence electrons. The predicted molar refractivity (Wildman–Crippen MR) is 90.2 cm³/mol. The second-order valence-corrected chi connectivity index (χ2v) is 5.53. The lowest BCUT2D eigenvalue weighted by atomic mass is 10.1. The summed E-state index contributed by atoms with van der Waals surface area (Å²) < 4.78 is 0. The average molecular weight is 324 g/mol. The summed E-state index contributed by atoms with van der Waals surface area (Å²) in [6.45, 7) is 2.26. The summed E-state index contributed by atoms with van der Waals surface area (Å²) in [7, 11) is 0. The van der Waals surface area contributed by atoms with E-state index in [0.29, 0.717) is 18.5 Å². The maximum absolute atomic E-state index is 12.1. The average Bonchev–Trinajstić information content (AvgIpc) is 2.56. The second kappa shape index (κ2) is 6.49. The molecule has 3 aromatic rings. The van der Waals surface area contributed by atoms with Crippen LogP contribution in [0.3, 0.4) is 0 Å². The fourth-order valence-corrected chi connectivity index (χ4v) is 2.42. The van der Waals surface area contributed by atoms with Gasteiger partial charge in [-0.05, 0) is 42.5 Å². The molecule has 0 atom stereocenters. The number of benzene rings is 1. The number of carbonyl (C=O) groups excluding carboxylic acids is 1. The maximum atomic E-state index is 12.1. The minimum atomic E-state index is -0.404. The molecule has 3 rings (SSSR count). The number of amides is 1. The number of aromatic nitrogens is 3. The number of nitrogens with zero attached hydrogens (tertiary/aromatic N) is 1. The fourth-order valence-electron chi connectivity index (χ4n) is 2.42. The van der Waals surface area contributed by atoms with E-state index >= 15 is 0 Å². The van der Waals surface area contributed by atoms with Gasteiger partial charge in [0.05, 0.1) is 0 Å². The SMILES string of the molecule is Cc1ccc2cc(CCNC(=O)c3ccc(=O)[nH]n3)c(=O)[nH]c2c1. The van der Waals surface area contributed by atoms with Crippen LogP contribution >= 0.6 is 0 Å². The number of hydrogen-bond acceptors (Lipinski definition) is 4. The smallest absolute Gasteiger partial charge is 0.271 e. The number of nitrogens with one attached hydrogen (secondary N) is 3. The summed E-state index contributed by atoms with van der Waals surface area (Å²) in [5.41, 5.74) is 2.06. The molecule has 0 aliphatic carbocycles. The molecule has 7 nitrogen and oxygen atoms in total. The lowest BCUT2D eigenvalue weighted by Gasteiger charge is -2.06. The van der Waals surface area contributed by atoms with E-state index in [0.717, 1.165) is 16.5 Å². The molecule has 3 N–H and O–H groups in total. The molecule has 0 aliphatic heterocycles. The normalized spacial score (nSPS) is 10.7. The number of carbonyl (C=O) groups is 1. The molecule has 2 heterocycles. The van der Waals surface area contributed by atoms with Gasteiger partial charge >= 0.3 is 0 Å².